The normalized spacial score (nSPS) is 14.5. The van der Waals surface area contributed by atoms with Crippen molar-refractivity contribution >= 4 is 29.7 Å². The second kappa shape index (κ2) is 9.77. The molecule has 0 bridgehead atoms. The maximum Gasteiger partial charge on any atom is 0.417 e. The Labute approximate surface area is 186 Å². The van der Waals surface area contributed by atoms with Gasteiger partial charge in [-0.25, -0.2) is 9.82 Å². The van der Waals surface area contributed by atoms with Crippen LogP contribution < -0.4 is 15.6 Å². The lowest BCUT2D eigenvalue weighted by molar-refractivity contribution is -0.137. The Morgan fingerprint density at radius 2 is 1.64 bits per heavy atom. The van der Waals surface area contributed by atoms with E-state index in [1.807, 2.05) is 4.90 Å². The summed E-state index contributed by atoms with van der Waals surface area (Å²) in [5.41, 5.74) is 2.20. The number of alkyl halides is 3. The Balaban J connectivity index is 1.59. The third kappa shape index (κ3) is 5.92. The molecule has 4 rings (SSSR count). The van der Waals surface area contributed by atoms with Crippen molar-refractivity contribution in [3.63, 3.8) is 0 Å². The fraction of sp³-hybridized carbons (Fsp3) is 0.238. The predicted octanol–water partition coefficient (Wildman–Crippen LogP) is 4.06. The minimum Gasteiger partial charge on any atom is -0.378 e. The van der Waals surface area contributed by atoms with E-state index in [-0.39, 0.29) is 23.3 Å². The lowest BCUT2D eigenvalue weighted by Crippen LogP contribution is -2.37. The van der Waals surface area contributed by atoms with Gasteiger partial charge in [-0.05, 0) is 30.3 Å². The number of benzene rings is 2. The van der Waals surface area contributed by atoms with Crippen LogP contribution >= 0.6 is 0 Å². The van der Waals surface area contributed by atoms with Gasteiger partial charge in [0.15, 0.2) is 0 Å². The van der Waals surface area contributed by atoms with Crippen LogP contribution in [0, 0.1) is 5.82 Å². The van der Waals surface area contributed by atoms with Crippen LogP contribution in [0.3, 0.4) is 0 Å². The summed E-state index contributed by atoms with van der Waals surface area (Å²) < 4.78 is 58.1. The molecule has 12 heteroatoms. The van der Waals surface area contributed by atoms with Crippen LogP contribution in [0.1, 0.15) is 11.1 Å². The molecule has 0 atom stereocenters. The molecule has 0 spiro atoms. The summed E-state index contributed by atoms with van der Waals surface area (Å²) in [4.78, 5) is 14.8. The first-order valence-electron chi connectivity index (χ1n) is 9.95. The highest BCUT2D eigenvalue weighted by Crippen LogP contribution is 2.31. The number of hydrazone groups is 1. The molecule has 0 unspecified atom stereocenters. The lowest BCUT2D eigenvalue weighted by atomic mass is 10.1. The van der Waals surface area contributed by atoms with E-state index in [1.54, 1.807) is 0 Å². The highest BCUT2D eigenvalue weighted by Gasteiger charge is 2.32. The average Bonchev–Trinajstić information content (AvgIpc) is 2.81. The van der Waals surface area contributed by atoms with Crippen LogP contribution in [0.5, 0.6) is 0 Å². The predicted molar refractivity (Wildman–Crippen MR) is 115 cm³/mol. The third-order valence-electron chi connectivity index (χ3n) is 4.65. The number of rotatable bonds is 6. The standard InChI is InChI=1S/C21H19F4N7O/c22-15-5-7-16(8-6-15)27-18-28-19(30-20(29-18)32-9-11-33-12-10-32)31-26-13-14-3-1-2-4-17(14)21(23,24)25/h1-8,13H,9-12H2,(H2,27,28,29,30,31)/b26-13+. The Morgan fingerprint density at radius 1 is 0.939 bits per heavy atom. The van der Waals surface area contributed by atoms with Crippen LogP contribution in [0.15, 0.2) is 53.6 Å². The Hall–Kier alpha value is -3.80. The van der Waals surface area contributed by atoms with Crippen LogP contribution in [0.2, 0.25) is 0 Å². The number of nitrogens with zero attached hydrogens (tertiary/aromatic N) is 5. The van der Waals surface area contributed by atoms with E-state index in [0.717, 1.165) is 12.3 Å². The zero-order chi connectivity index (χ0) is 23.3. The smallest absolute Gasteiger partial charge is 0.378 e. The number of ether oxygens (including phenoxy) is 1. The van der Waals surface area contributed by atoms with E-state index in [2.05, 4.69) is 30.8 Å². The van der Waals surface area contributed by atoms with Gasteiger partial charge < -0.3 is 15.0 Å². The molecule has 0 aliphatic carbocycles. The van der Waals surface area contributed by atoms with E-state index < -0.39 is 11.7 Å². The molecular formula is C21H19F4N7O. The van der Waals surface area contributed by atoms with Crippen molar-refractivity contribution in [1.82, 2.24) is 15.0 Å². The van der Waals surface area contributed by atoms with Gasteiger partial charge in [-0.2, -0.15) is 33.2 Å². The van der Waals surface area contributed by atoms with E-state index in [0.29, 0.717) is 37.9 Å². The molecule has 0 radical (unpaired) electrons. The molecule has 1 fully saturated rings. The highest BCUT2D eigenvalue weighted by molar-refractivity contribution is 5.82. The summed E-state index contributed by atoms with van der Waals surface area (Å²) in [5, 5.41) is 6.84. The first-order chi connectivity index (χ1) is 15.9. The number of halogens is 4. The van der Waals surface area contributed by atoms with Gasteiger partial charge in [-0.15, -0.1) is 0 Å². The molecule has 1 aromatic heterocycles. The minimum atomic E-state index is -4.51. The van der Waals surface area contributed by atoms with E-state index >= 15 is 0 Å². The average molecular weight is 461 g/mol. The number of hydrogen-bond donors (Lipinski definition) is 2. The highest BCUT2D eigenvalue weighted by atomic mass is 19.4. The van der Waals surface area contributed by atoms with Crippen LogP contribution in [-0.2, 0) is 10.9 Å². The molecule has 2 heterocycles. The second-order valence-electron chi connectivity index (χ2n) is 6.97. The summed E-state index contributed by atoms with van der Waals surface area (Å²) in [5.74, 6) is 0.135. The Kier molecular flexibility index (Phi) is 6.63. The number of morpholine rings is 1. The molecule has 3 aromatic rings. The number of aromatic nitrogens is 3. The van der Waals surface area contributed by atoms with Crippen molar-refractivity contribution in [1.29, 1.82) is 0 Å². The summed E-state index contributed by atoms with van der Waals surface area (Å²) in [6.07, 6.45) is -3.46. The molecule has 0 amide bonds. The van der Waals surface area contributed by atoms with Crippen molar-refractivity contribution in [2.24, 2.45) is 5.10 Å². The summed E-state index contributed by atoms with van der Waals surface area (Å²) in [6.45, 7) is 2.12. The Bertz CT molecular complexity index is 1120. The fourth-order valence-corrected chi connectivity index (χ4v) is 3.07. The molecule has 33 heavy (non-hydrogen) atoms. The van der Waals surface area contributed by atoms with Gasteiger partial charge in [-0.1, -0.05) is 18.2 Å². The van der Waals surface area contributed by atoms with Crippen molar-refractivity contribution in [3.8, 4) is 0 Å². The first kappa shape index (κ1) is 22.4. The number of hydrogen-bond acceptors (Lipinski definition) is 8. The van der Waals surface area contributed by atoms with Gasteiger partial charge in [0.05, 0.1) is 25.0 Å². The summed E-state index contributed by atoms with van der Waals surface area (Å²) in [6, 6.07) is 10.7. The van der Waals surface area contributed by atoms with Crippen molar-refractivity contribution in [2.75, 3.05) is 41.9 Å². The molecular weight excluding hydrogens is 442 g/mol. The van der Waals surface area contributed by atoms with E-state index in [4.69, 9.17) is 4.74 Å². The SMILES string of the molecule is Fc1ccc(Nc2nc(N/N=C/c3ccccc3C(F)(F)F)nc(N3CCOCC3)n2)cc1. The third-order valence-corrected chi connectivity index (χ3v) is 4.65. The lowest BCUT2D eigenvalue weighted by Gasteiger charge is -2.27. The van der Waals surface area contributed by atoms with Crippen molar-refractivity contribution < 1.29 is 22.3 Å². The topological polar surface area (TPSA) is 87.6 Å². The molecule has 1 aliphatic rings. The Morgan fingerprint density at radius 3 is 2.36 bits per heavy atom. The van der Waals surface area contributed by atoms with Gasteiger partial charge in [0.1, 0.15) is 5.82 Å². The first-order valence-corrected chi connectivity index (χ1v) is 9.95. The van der Waals surface area contributed by atoms with Gasteiger partial charge in [0.25, 0.3) is 0 Å². The molecule has 2 aromatic carbocycles. The van der Waals surface area contributed by atoms with Gasteiger partial charge in [0.2, 0.25) is 17.8 Å². The molecule has 8 nitrogen and oxygen atoms in total. The zero-order valence-corrected chi connectivity index (χ0v) is 17.2. The van der Waals surface area contributed by atoms with Crippen LogP contribution in [0.4, 0.5) is 41.1 Å². The quantitative estimate of drug-likeness (QED) is 0.325. The number of nitrogens with one attached hydrogen (secondary N) is 2. The molecule has 2 N–H and O–H groups in total. The largest absolute Gasteiger partial charge is 0.417 e. The molecule has 1 aliphatic heterocycles. The monoisotopic (exact) mass is 461 g/mol. The fourth-order valence-electron chi connectivity index (χ4n) is 3.07. The van der Waals surface area contributed by atoms with Gasteiger partial charge in [-0.3, -0.25) is 0 Å². The second-order valence-corrected chi connectivity index (χ2v) is 6.97. The van der Waals surface area contributed by atoms with Crippen LogP contribution in [0.25, 0.3) is 0 Å². The van der Waals surface area contributed by atoms with Gasteiger partial charge in [0, 0.05) is 24.3 Å². The summed E-state index contributed by atoms with van der Waals surface area (Å²) >= 11 is 0. The molecule has 1 saturated heterocycles. The van der Waals surface area contributed by atoms with Crippen molar-refractivity contribution in [2.45, 2.75) is 6.18 Å². The van der Waals surface area contributed by atoms with Gasteiger partial charge >= 0.3 is 6.18 Å². The van der Waals surface area contributed by atoms with E-state index in [9.17, 15) is 17.6 Å². The molecule has 0 saturated carbocycles. The summed E-state index contributed by atoms with van der Waals surface area (Å²) in [7, 11) is 0. The van der Waals surface area contributed by atoms with Crippen LogP contribution in [-0.4, -0.2) is 47.5 Å². The molecule has 172 valence electrons. The number of anilines is 4. The van der Waals surface area contributed by atoms with E-state index in [1.165, 1.54) is 42.5 Å². The zero-order valence-electron chi connectivity index (χ0n) is 17.2. The maximum absolute atomic E-state index is 13.2. The maximum atomic E-state index is 13.2. The van der Waals surface area contributed by atoms with Crippen molar-refractivity contribution in [3.05, 3.63) is 65.5 Å². The minimum absolute atomic E-state index is 0.0249.